The molecule has 0 fully saturated rings. The fourth-order valence-electron chi connectivity index (χ4n) is 3.31. The first-order valence-corrected chi connectivity index (χ1v) is 9.73. The molecule has 2 heterocycles. The quantitative estimate of drug-likeness (QED) is 0.479. The predicted molar refractivity (Wildman–Crippen MR) is 112 cm³/mol. The highest BCUT2D eigenvalue weighted by atomic mass is 16.5. The average molecular weight is 404 g/mol. The summed E-state index contributed by atoms with van der Waals surface area (Å²) >= 11 is 0. The van der Waals surface area contributed by atoms with Crippen LogP contribution in [-0.2, 0) is 27.4 Å². The van der Waals surface area contributed by atoms with Crippen molar-refractivity contribution >= 4 is 34.2 Å². The van der Waals surface area contributed by atoms with Crippen molar-refractivity contribution in [2.75, 3.05) is 5.01 Å². The summed E-state index contributed by atoms with van der Waals surface area (Å²) < 4.78 is 10.7. The second kappa shape index (κ2) is 8.32. The minimum atomic E-state index is -0.616. The molecule has 2 aromatic carbocycles. The lowest BCUT2D eigenvalue weighted by molar-refractivity contribution is -0.137. The number of nitrogens with zero attached hydrogens (tertiary/aromatic N) is 2. The van der Waals surface area contributed by atoms with Crippen LogP contribution in [0, 0.1) is 0 Å². The molecule has 1 amide bonds. The van der Waals surface area contributed by atoms with Crippen molar-refractivity contribution < 1.29 is 18.7 Å². The van der Waals surface area contributed by atoms with Crippen LogP contribution in [0.25, 0.3) is 11.0 Å². The van der Waals surface area contributed by atoms with Gasteiger partial charge < -0.3 is 9.15 Å². The number of hydrazone groups is 1. The van der Waals surface area contributed by atoms with Gasteiger partial charge in [0.2, 0.25) is 5.91 Å². The molecule has 0 N–H and O–H groups in total. The number of fused-ring (bicyclic) bond motifs is 1. The first kappa shape index (κ1) is 19.6. The molecule has 0 saturated carbocycles. The van der Waals surface area contributed by atoms with Crippen LogP contribution in [0.4, 0.5) is 5.69 Å². The minimum Gasteiger partial charge on any atom is -0.456 e. The van der Waals surface area contributed by atoms with Crippen LogP contribution >= 0.6 is 0 Å². The number of esters is 1. The SMILES string of the molecule is CCc1ccc2c(COC(=O)C3=NN(c4ccccc4)C(=O)CC3)cc(=O)oc2c1. The van der Waals surface area contributed by atoms with E-state index in [2.05, 4.69) is 5.10 Å². The molecule has 4 rings (SSSR count). The summed E-state index contributed by atoms with van der Waals surface area (Å²) in [4.78, 5) is 36.7. The van der Waals surface area contributed by atoms with E-state index in [9.17, 15) is 14.4 Å². The first-order chi connectivity index (χ1) is 14.5. The molecule has 0 aliphatic carbocycles. The lowest BCUT2D eigenvalue weighted by Gasteiger charge is -2.22. The third-order valence-electron chi connectivity index (χ3n) is 4.93. The van der Waals surface area contributed by atoms with Gasteiger partial charge in [-0.2, -0.15) is 5.10 Å². The smallest absolute Gasteiger partial charge is 0.354 e. The predicted octanol–water partition coefficient (Wildman–Crippen LogP) is 3.58. The molecule has 0 saturated heterocycles. The molecule has 30 heavy (non-hydrogen) atoms. The highest BCUT2D eigenvalue weighted by molar-refractivity contribution is 6.38. The van der Waals surface area contributed by atoms with E-state index >= 15 is 0 Å². The zero-order chi connectivity index (χ0) is 21.1. The zero-order valence-corrected chi connectivity index (χ0v) is 16.5. The Balaban J connectivity index is 1.55. The Morgan fingerprint density at radius 1 is 1.10 bits per heavy atom. The highest BCUT2D eigenvalue weighted by Gasteiger charge is 2.26. The normalized spacial score (nSPS) is 14.0. The van der Waals surface area contributed by atoms with Crippen LogP contribution in [0.15, 0.2) is 68.9 Å². The van der Waals surface area contributed by atoms with E-state index in [0.29, 0.717) is 22.2 Å². The van der Waals surface area contributed by atoms with Gasteiger partial charge in [-0.05, 0) is 30.2 Å². The summed E-state index contributed by atoms with van der Waals surface area (Å²) in [5.74, 6) is -0.800. The fourth-order valence-corrected chi connectivity index (χ4v) is 3.31. The van der Waals surface area contributed by atoms with E-state index in [-0.39, 0.29) is 31.1 Å². The Hall–Kier alpha value is -3.74. The number of benzene rings is 2. The Bertz CT molecular complexity index is 1200. The lowest BCUT2D eigenvalue weighted by Crippen LogP contribution is -2.34. The van der Waals surface area contributed by atoms with E-state index in [1.165, 1.54) is 11.1 Å². The Morgan fingerprint density at radius 3 is 2.67 bits per heavy atom. The Morgan fingerprint density at radius 2 is 1.90 bits per heavy atom. The van der Waals surface area contributed by atoms with Gasteiger partial charge in [-0.25, -0.2) is 14.6 Å². The van der Waals surface area contributed by atoms with Gasteiger partial charge in [0.15, 0.2) is 0 Å². The van der Waals surface area contributed by atoms with Gasteiger partial charge in [0.25, 0.3) is 0 Å². The Labute approximate surface area is 172 Å². The lowest BCUT2D eigenvalue weighted by atomic mass is 10.1. The number of aryl methyl sites for hydroxylation is 1. The molecule has 0 atom stereocenters. The molecule has 0 spiro atoms. The van der Waals surface area contributed by atoms with Crippen molar-refractivity contribution in [2.45, 2.75) is 32.8 Å². The number of anilines is 1. The van der Waals surface area contributed by atoms with Crippen LogP contribution in [0.1, 0.15) is 30.9 Å². The molecular weight excluding hydrogens is 384 g/mol. The number of amides is 1. The van der Waals surface area contributed by atoms with Gasteiger partial charge in [-0.3, -0.25) is 4.79 Å². The van der Waals surface area contributed by atoms with Crippen LogP contribution in [0.5, 0.6) is 0 Å². The monoisotopic (exact) mass is 404 g/mol. The molecule has 3 aromatic rings. The van der Waals surface area contributed by atoms with Crippen molar-refractivity contribution in [1.29, 1.82) is 0 Å². The van der Waals surface area contributed by atoms with E-state index in [1.54, 1.807) is 24.3 Å². The van der Waals surface area contributed by atoms with Gasteiger partial charge in [0.1, 0.15) is 17.9 Å². The van der Waals surface area contributed by atoms with E-state index in [1.807, 2.05) is 31.2 Å². The fraction of sp³-hybridized carbons (Fsp3) is 0.217. The second-order valence-electron chi connectivity index (χ2n) is 6.94. The summed E-state index contributed by atoms with van der Waals surface area (Å²) in [5.41, 5.74) is 2.32. The van der Waals surface area contributed by atoms with Crippen molar-refractivity contribution in [3.63, 3.8) is 0 Å². The maximum Gasteiger partial charge on any atom is 0.354 e. The molecule has 7 nitrogen and oxygen atoms in total. The van der Waals surface area contributed by atoms with Crippen molar-refractivity contribution in [2.24, 2.45) is 5.10 Å². The number of hydrogen-bond donors (Lipinski definition) is 0. The molecule has 7 heteroatoms. The summed E-state index contributed by atoms with van der Waals surface area (Å²) in [7, 11) is 0. The van der Waals surface area contributed by atoms with Crippen molar-refractivity contribution in [1.82, 2.24) is 0 Å². The summed E-state index contributed by atoms with van der Waals surface area (Å²) in [5, 5.41) is 6.13. The topological polar surface area (TPSA) is 89.2 Å². The first-order valence-electron chi connectivity index (χ1n) is 9.73. The summed E-state index contributed by atoms with van der Waals surface area (Å²) in [6.07, 6.45) is 1.19. The maximum absolute atomic E-state index is 12.6. The molecule has 0 radical (unpaired) electrons. The second-order valence-corrected chi connectivity index (χ2v) is 6.94. The number of rotatable bonds is 5. The molecule has 152 valence electrons. The highest BCUT2D eigenvalue weighted by Crippen LogP contribution is 2.22. The summed E-state index contributed by atoms with van der Waals surface area (Å²) in [6.45, 7) is 1.92. The van der Waals surface area contributed by atoms with Crippen molar-refractivity contribution in [3.05, 3.63) is 76.1 Å². The Kier molecular flexibility index (Phi) is 5.43. The van der Waals surface area contributed by atoms with Gasteiger partial charge in [-0.1, -0.05) is 37.3 Å². The van der Waals surface area contributed by atoms with Crippen LogP contribution in [0.3, 0.4) is 0 Å². The largest absolute Gasteiger partial charge is 0.456 e. The molecule has 1 aromatic heterocycles. The van der Waals surface area contributed by atoms with Crippen LogP contribution in [0.2, 0.25) is 0 Å². The molecule has 0 unspecified atom stereocenters. The number of para-hydroxylation sites is 1. The number of carbonyl (C=O) groups excluding carboxylic acids is 2. The van der Waals surface area contributed by atoms with Crippen LogP contribution in [-0.4, -0.2) is 17.6 Å². The van der Waals surface area contributed by atoms with Crippen molar-refractivity contribution in [3.8, 4) is 0 Å². The summed E-state index contributed by atoms with van der Waals surface area (Å²) in [6, 6.07) is 15.9. The number of hydrogen-bond acceptors (Lipinski definition) is 6. The molecule has 1 aliphatic rings. The standard InChI is InChI=1S/C23H20N2O5/c1-2-15-8-9-18-16(13-22(27)30-20(18)12-15)14-29-23(28)19-10-11-21(26)25(24-19)17-6-4-3-5-7-17/h3-9,12-13H,2,10-11,14H2,1H3. The maximum atomic E-state index is 12.6. The number of ether oxygens (including phenoxy) is 1. The van der Waals surface area contributed by atoms with E-state index in [4.69, 9.17) is 9.15 Å². The molecule has 1 aliphatic heterocycles. The third kappa shape index (κ3) is 4.00. The minimum absolute atomic E-state index is 0.0926. The van der Waals surface area contributed by atoms with Gasteiger partial charge in [0.05, 0.1) is 5.69 Å². The van der Waals surface area contributed by atoms with E-state index < -0.39 is 11.6 Å². The average Bonchev–Trinajstić information content (AvgIpc) is 2.77. The zero-order valence-electron chi connectivity index (χ0n) is 16.5. The number of carbonyl (C=O) groups is 2. The van der Waals surface area contributed by atoms with Gasteiger partial charge in [0, 0.05) is 29.9 Å². The molecule has 0 bridgehead atoms. The molecular formula is C23H20N2O5. The third-order valence-corrected chi connectivity index (χ3v) is 4.93. The van der Waals surface area contributed by atoms with Gasteiger partial charge in [-0.15, -0.1) is 0 Å². The van der Waals surface area contributed by atoms with E-state index in [0.717, 1.165) is 12.0 Å². The van der Waals surface area contributed by atoms with Gasteiger partial charge >= 0.3 is 11.6 Å². The van der Waals surface area contributed by atoms with Crippen LogP contribution < -0.4 is 10.6 Å².